The molecule has 1 rings (SSSR count). The van der Waals surface area contributed by atoms with Gasteiger partial charge in [0.1, 0.15) is 12.6 Å². The van der Waals surface area contributed by atoms with Crippen molar-refractivity contribution < 1.29 is 28.6 Å². The Morgan fingerprint density at radius 1 is 1.00 bits per heavy atom. The Hall–Kier alpha value is -2.81. The van der Waals surface area contributed by atoms with Crippen LogP contribution in [-0.2, 0) is 19.0 Å². The molecule has 0 radical (unpaired) electrons. The second-order valence-electron chi connectivity index (χ2n) is 5.91. The van der Waals surface area contributed by atoms with E-state index in [4.69, 9.17) is 14.2 Å². The summed E-state index contributed by atoms with van der Waals surface area (Å²) in [5.74, 6) is -0.538. The highest BCUT2D eigenvalue weighted by Gasteiger charge is 2.24. The minimum atomic E-state index is -0.764. The molecule has 1 unspecified atom stereocenters. The molecule has 0 saturated heterocycles. The van der Waals surface area contributed by atoms with Crippen LogP contribution < -0.4 is 16.0 Å². The van der Waals surface area contributed by atoms with Crippen molar-refractivity contribution in [3.05, 3.63) is 24.3 Å². The predicted molar refractivity (Wildman–Crippen MR) is 101 cm³/mol. The average Bonchev–Trinajstić information content (AvgIpc) is 2.60. The summed E-state index contributed by atoms with van der Waals surface area (Å²) in [6, 6.07) is 5.81. The molecule has 0 heterocycles. The van der Waals surface area contributed by atoms with Gasteiger partial charge in [-0.25, -0.2) is 9.59 Å². The van der Waals surface area contributed by atoms with E-state index in [1.807, 2.05) is 13.8 Å². The number of alkyl carbamates (subject to hydrolysis) is 1. The number of methoxy groups -OCH3 is 1. The minimum absolute atomic E-state index is 0.133. The summed E-state index contributed by atoms with van der Waals surface area (Å²) >= 11 is 0. The molecule has 0 spiro atoms. The van der Waals surface area contributed by atoms with Crippen LogP contribution in [0.25, 0.3) is 0 Å². The molecule has 0 aliphatic carbocycles. The summed E-state index contributed by atoms with van der Waals surface area (Å²) in [6.45, 7) is 5.95. The number of benzene rings is 1. The van der Waals surface area contributed by atoms with E-state index in [2.05, 4.69) is 16.0 Å². The highest BCUT2D eigenvalue weighted by atomic mass is 16.6. The lowest BCUT2D eigenvalue weighted by molar-refractivity contribution is -0.119. The Kier molecular flexibility index (Phi) is 9.66. The van der Waals surface area contributed by atoms with Crippen LogP contribution in [0.5, 0.6) is 0 Å². The third-order valence-corrected chi connectivity index (χ3v) is 3.40. The first-order valence-corrected chi connectivity index (χ1v) is 8.64. The van der Waals surface area contributed by atoms with Gasteiger partial charge in [0.25, 0.3) is 0 Å². The van der Waals surface area contributed by atoms with Crippen molar-refractivity contribution in [3.8, 4) is 0 Å². The van der Waals surface area contributed by atoms with Crippen LogP contribution in [0, 0.1) is 5.92 Å². The Bertz CT molecular complexity index is 635. The molecule has 3 N–H and O–H groups in total. The number of rotatable bonds is 9. The van der Waals surface area contributed by atoms with Crippen LogP contribution in [0.1, 0.15) is 20.8 Å². The van der Waals surface area contributed by atoms with Crippen LogP contribution in [0.2, 0.25) is 0 Å². The molecule has 1 aromatic rings. The molecule has 0 fully saturated rings. The maximum Gasteiger partial charge on any atom is 0.411 e. The first kappa shape index (κ1) is 22.2. The number of carbonyl (C=O) groups excluding carboxylic acids is 3. The van der Waals surface area contributed by atoms with Crippen LogP contribution in [0.15, 0.2) is 24.3 Å². The fourth-order valence-corrected chi connectivity index (χ4v) is 2.10. The summed E-state index contributed by atoms with van der Waals surface area (Å²) in [6.07, 6.45) is -1.28. The quantitative estimate of drug-likeness (QED) is 0.566. The van der Waals surface area contributed by atoms with Crippen molar-refractivity contribution >= 4 is 29.5 Å². The second-order valence-corrected chi connectivity index (χ2v) is 5.91. The molecule has 0 bridgehead atoms. The molecule has 9 heteroatoms. The summed E-state index contributed by atoms with van der Waals surface area (Å²) in [7, 11) is 1.51. The third kappa shape index (κ3) is 8.41. The lowest BCUT2D eigenvalue weighted by Gasteiger charge is -2.21. The van der Waals surface area contributed by atoms with E-state index in [1.54, 1.807) is 31.2 Å². The molecule has 0 aliphatic rings. The van der Waals surface area contributed by atoms with Gasteiger partial charge in [0.05, 0.1) is 13.2 Å². The van der Waals surface area contributed by atoms with E-state index in [0.29, 0.717) is 18.0 Å². The molecule has 0 saturated carbocycles. The summed E-state index contributed by atoms with van der Waals surface area (Å²) in [5, 5.41) is 7.81. The Balaban J connectivity index is 2.69. The summed E-state index contributed by atoms with van der Waals surface area (Å²) in [5.41, 5.74) is 0.917. The lowest BCUT2D eigenvalue weighted by atomic mass is 10.0. The largest absolute Gasteiger partial charge is 0.450 e. The molecular weight excluding hydrogens is 354 g/mol. The van der Waals surface area contributed by atoms with Crippen LogP contribution in [-0.4, -0.2) is 51.1 Å². The lowest BCUT2D eigenvalue weighted by Crippen LogP contribution is -2.47. The topological polar surface area (TPSA) is 115 Å². The van der Waals surface area contributed by atoms with Gasteiger partial charge in [-0.05, 0) is 31.0 Å². The van der Waals surface area contributed by atoms with E-state index >= 15 is 0 Å². The first-order chi connectivity index (χ1) is 12.9. The van der Waals surface area contributed by atoms with E-state index in [-0.39, 0.29) is 19.1 Å². The average molecular weight is 381 g/mol. The second kappa shape index (κ2) is 11.7. The molecule has 9 nitrogen and oxygen atoms in total. The molecule has 0 aliphatic heterocycles. The van der Waals surface area contributed by atoms with Crippen molar-refractivity contribution in [1.29, 1.82) is 0 Å². The zero-order valence-corrected chi connectivity index (χ0v) is 16.0. The smallest absolute Gasteiger partial charge is 0.411 e. The normalized spacial score (nSPS) is 11.4. The maximum atomic E-state index is 12.5. The zero-order chi connectivity index (χ0) is 20.2. The van der Waals surface area contributed by atoms with Gasteiger partial charge in [-0.1, -0.05) is 19.9 Å². The Morgan fingerprint density at radius 3 is 2.26 bits per heavy atom. The van der Waals surface area contributed by atoms with Gasteiger partial charge in [-0.3, -0.25) is 10.1 Å². The van der Waals surface area contributed by atoms with Crippen molar-refractivity contribution in [2.24, 2.45) is 5.92 Å². The molecule has 3 amide bonds. The number of hydrogen-bond acceptors (Lipinski definition) is 6. The van der Waals surface area contributed by atoms with Gasteiger partial charge in [0.2, 0.25) is 5.91 Å². The highest BCUT2D eigenvalue weighted by molar-refractivity contribution is 5.97. The molecule has 1 aromatic carbocycles. The minimum Gasteiger partial charge on any atom is -0.450 e. The SMILES string of the molecule is CCOC(=O)NC(C(=O)Nc1cccc(NC(=O)OCCOC)c1)C(C)C. The number of ether oxygens (including phenoxy) is 3. The van der Waals surface area contributed by atoms with E-state index < -0.39 is 24.1 Å². The zero-order valence-electron chi connectivity index (χ0n) is 16.0. The van der Waals surface area contributed by atoms with E-state index in [0.717, 1.165) is 0 Å². The van der Waals surface area contributed by atoms with Crippen LogP contribution >= 0.6 is 0 Å². The van der Waals surface area contributed by atoms with Crippen molar-refractivity contribution in [2.45, 2.75) is 26.8 Å². The van der Waals surface area contributed by atoms with Crippen molar-refractivity contribution in [3.63, 3.8) is 0 Å². The van der Waals surface area contributed by atoms with Crippen molar-refractivity contribution in [1.82, 2.24) is 5.32 Å². The van der Waals surface area contributed by atoms with Crippen LogP contribution in [0.4, 0.5) is 21.0 Å². The van der Waals surface area contributed by atoms with E-state index in [9.17, 15) is 14.4 Å². The van der Waals surface area contributed by atoms with E-state index in [1.165, 1.54) is 7.11 Å². The van der Waals surface area contributed by atoms with Gasteiger partial charge < -0.3 is 24.8 Å². The fourth-order valence-electron chi connectivity index (χ4n) is 2.10. The highest BCUT2D eigenvalue weighted by Crippen LogP contribution is 2.16. The van der Waals surface area contributed by atoms with Gasteiger partial charge in [-0.2, -0.15) is 0 Å². The Morgan fingerprint density at radius 2 is 1.67 bits per heavy atom. The number of carbonyl (C=O) groups is 3. The van der Waals surface area contributed by atoms with Crippen LogP contribution in [0.3, 0.4) is 0 Å². The molecule has 1 atom stereocenters. The standard InChI is InChI=1S/C18H27N3O6/c1-5-26-18(24)21-15(12(2)3)16(22)19-13-7-6-8-14(11-13)20-17(23)27-10-9-25-4/h6-8,11-12,15H,5,9-10H2,1-4H3,(H,19,22)(H,20,23)(H,21,24). The predicted octanol–water partition coefficient (Wildman–Crippen LogP) is 2.59. The molecular formula is C18H27N3O6. The molecule has 27 heavy (non-hydrogen) atoms. The fraction of sp³-hybridized carbons (Fsp3) is 0.500. The van der Waals surface area contributed by atoms with Gasteiger partial charge in [0, 0.05) is 18.5 Å². The molecule has 150 valence electrons. The van der Waals surface area contributed by atoms with Gasteiger partial charge >= 0.3 is 12.2 Å². The monoisotopic (exact) mass is 381 g/mol. The van der Waals surface area contributed by atoms with Crippen molar-refractivity contribution in [2.75, 3.05) is 37.6 Å². The number of hydrogen-bond donors (Lipinski definition) is 3. The van der Waals surface area contributed by atoms with Gasteiger partial charge in [-0.15, -0.1) is 0 Å². The van der Waals surface area contributed by atoms with Gasteiger partial charge in [0.15, 0.2) is 0 Å². The first-order valence-electron chi connectivity index (χ1n) is 8.64. The third-order valence-electron chi connectivity index (χ3n) is 3.40. The number of nitrogens with one attached hydrogen (secondary N) is 3. The number of anilines is 2. The Labute approximate surface area is 158 Å². The number of amides is 3. The summed E-state index contributed by atoms with van der Waals surface area (Å²) < 4.78 is 14.5. The molecule has 0 aromatic heterocycles. The summed E-state index contributed by atoms with van der Waals surface area (Å²) in [4.78, 5) is 35.8. The maximum absolute atomic E-state index is 12.5.